The maximum Gasteiger partial charge on any atom is 0.226 e. The van der Waals surface area contributed by atoms with Crippen LogP contribution < -0.4 is 10.1 Å². The number of aryl methyl sites for hydroxylation is 1. The summed E-state index contributed by atoms with van der Waals surface area (Å²) < 4.78 is 10.3. The molecule has 0 saturated carbocycles. The number of hydrogen-bond acceptors (Lipinski definition) is 5. The predicted molar refractivity (Wildman–Crippen MR) is 91.0 cm³/mol. The molecule has 1 N–H and O–H groups in total. The Morgan fingerprint density at radius 3 is 3.08 bits per heavy atom. The molecule has 6 heteroatoms. The van der Waals surface area contributed by atoms with Gasteiger partial charge < -0.3 is 14.6 Å². The van der Waals surface area contributed by atoms with Gasteiger partial charge in [0.25, 0.3) is 0 Å². The molecule has 1 amide bonds. The van der Waals surface area contributed by atoms with Gasteiger partial charge in [0.2, 0.25) is 5.91 Å². The number of nitrogens with zero attached hydrogens (tertiary/aromatic N) is 2. The molecule has 24 heavy (non-hydrogen) atoms. The summed E-state index contributed by atoms with van der Waals surface area (Å²) in [5, 5.41) is 6.55. The number of likely N-dealkylation sites (tertiary alicyclic amines) is 1. The van der Waals surface area contributed by atoms with Gasteiger partial charge in [0.1, 0.15) is 11.5 Å². The van der Waals surface area contributed by atoms with Crippen LogP contribution >= 0.6 is 0 Å². The number of methoxy groups -OCH3 is 1. The fourth-order valence-electron chi connectivity index (χ4n) is 3.20. The Morgan fingerprint density at radius 1 is 1.46 bits per heavy atom. The molecule has 2 aromatic rings. The number of rotatable bonds is 6. The van der Waals surface area contributed by atoms with E-state index in [2.05, 4.69) is 27.5 Å². The summed E-state index contributed by atoms with van der Waals surface area (Å²) in [4.78, 5) is 14.4. The fourth-order valence-corrected chi connectivity index (χ4v) is 3.20. The van der Waals surface area contributed by atoms with Crippen LogP contribution in [-0.2, 0) is 4.79 Å². The van der Waals surface area contributed by atoms with Gasteiger partial charge in [-0.1, -0.05) is 17.3 Å². The van der Waals surface area contributed by atoms with E-state index in [4.69, 9.17) is 9.26 Å². The molecule has 1 aromatic heterocycles. The average molecular weight is 329 g/mol. The predicted octanol–water partition coefficient (Wildman–Crippen LogP) is 3.16. The van der Waals surface area contributed by atoms with Gasteiger partial charge in [-0.05, 0) is 44.0 Å². The Labute approximate surface area is 141 Å². The van der Waals surface area contributed by atoms with Crippen molar-refractivity contribution in [3.63, 3.8) is 0 Å². The zero-order valence-electron chi connectivity index (χ0n) is 14.1. The lowest BCUT2D eigenvalue weighted by Gasteiger charge is -2.24. The molecule has 0 bridgehead atoms. The molecular weight excluding hydrogens is 306 g/mol. The lowest BCUT2D eigenvalue weighted by atomic mass is 10.0. The summed E-state index contributed by atoms with van der Waals surface area (Å²) in [6, 6.07) is 10.3. The van der Waals surface area contributed by atoms with Crippen molar-refractivity contribution in [3.8, 4) is 5.75 Å². The number of hydrogen-bond donors (Lipinski definition) is 1. The lowest BCUT2D eigenvalue weighted by Crippen LogP contribution is -2.27. The van der Waals surface area contributed by atoms with E-state index in [0.29, 0.717) is 24.0 Å². The number of benzene rings is 1. The first-order chi connectivity index (χ1) is 11.7. The average Bonchev–Trinajstić information content (AvgIpc) is 3.22. The molecule has 6 nitrogen and oxygen atoms in total. The molecule has 1 fully saturated rings. The van der Waals surface area contributed by atoms with E-state index in [-0.39, 0.29) is 5.91 Å². The Kier molecular flexibility index (Phi) is 5.15. The Bertz CT molecular complexity index is 698. The summed E-state index contributed by atoms with van der Waals surface area (Å²) in [7, 11) is 1.68. The van der Waals surface area contributed by atoms with Gasteiger partial charge >= 0.3 is 0 Å². The van der Waals surface area contributed by atoms with E-state index >= 15 is 0 Å². The van der Waals surface area contributed by atoms with Crippen molar-refractivity contribution >= 4 is 11.7 Å². The molecule has 0 radical (unpaired) electrons. The second kappa shape index (κ2) is 7.49. The minimum atomic E-state index is -0.0420. The van der Waals surface area contributed by atoms with Crippen LogP contribution in [0.3, 0.4) is 0 Å². The topological polar surface area (TPSA) is 67.6 Å². The molecule has 2 heterocycles. The number of anilines is 1. The van der Waals surface area contributed by atoms with Crippen LogP contribution in [0.5, 0.6) is 5.75 Å². The Morgan fingerprint density at radius 2 is 2.33 bits per heavy atom. The fraction of sp³-hybridized carbons (Fsp3) is 0.444. The van der Waals surface area contributed by atoms with Crippen molar-refractivity contribution in [1.82, 2.24) is 10.1 Å². The molecule has 1 atom stereocenters. The maximum atomic E-state index is 12.1. The number of amides is 1. The molecule has 128 valence electrons. The summed E-state index contributed by atoms with van der Waals surface area (Å²) in [6.45, 7) is 3.54. The molecule has 1 aromatic carbocycles. The smallest absolute Gasteiger partial charge is 0.226 e. The zero-order valence-corrected chi connectivity index (χ0v) is 14.1. The summed E-state index contributed by atoms with van der Waals surface area (Å²) >= 11 is 0. The third-order valence-corrected chi connectivity index (χ3v) is 4.36. The second-order valence-electron chi connectivity index (χ2n) is 6.09. The van der Waals surface area contributed by atoms with Gasteiger partial charge in [0.05, 0.1) is 7.11 Å². The van der Waals surface area contributed by atoms with E-state index < -0.39 is 0 Å². The normalized spacial score (nSPS) is 17.8. The third kappa shape index (κ3) is 3.94. The van der Waals surface area contributed by atoms with Crippen molar-refractivity contribution in [2.75, 3.05) is 25.5 Å². The van der Waals surface area contributed by atoms with Gasteiger partial charge in [-0.3, -0.25) is 9.69 Å². The largest absolute Gasteiger partial charge is 0.497 e. The molecule has 1 aliphatic heterocycles. The number of carbonyl (C=O) groups is 1. The van der Waals surface area contributed by atoms with Crippen molar-refractivity contribution in [2.24, 2.45) is 0 Å². The van der Waals surface area contributed by atoms with Crippen LogP contribution in [0.4, 0.5) is 5.82 Å². The van der Waals surface area contributed by atoms with Gasteiger partial charge in [-0.15, -0.1) is 0 Å². The van der Waals surface area contributed by atoms with Gasteiger partial charge in [-0.25, -0.2) is 0 Å². The highest BCUT2D eigenvalue weighted by molar-refractivity contribution is 5.89. The molecular formula is C18H23N3O3. The maximum absolute atomic E-state index is 12.1. The van der Waals surface area contributed by atoms with Crippen LogP contribution in [-0.4, -0.2) is 36.2 Å². The van der Waals surface area contributed by atoms with Crippen LogP contribution in [0.15, 0.2) is 34.9 Å². The SMILES string of the molecule is COc1cccc([C@@H]2CCCN2CCC(=O)Nc2cc(C)on2)c1. The van der Waals surface area contributed by atoms with Gasteiger partial charge in [0.15, 0.2) is 5.82 Å². The number of carbonyl (C=O) groups excluding carboxylic acids is 1. The van der Waals surface area contributed by atoms with Crippen molar-refractivity contribution in [3.05, 3.63) is 41.7 Å². The first-order valence-corrected chi connectivity index (χ1v) is 8.27. The minimum absolute atomic E-state index is 0.0420. The van der Waals surface area contributed by atoms with Crippen molar-refractivity contribution < 1.29 is 14.1 Å². The molecule has 1 saturated heterocycles. The number of aromatic nitrogens is 1. The number of ether oxygens (including phenoxy) is 1. The second-order valence-corrected chi connectivity index (χ2v) is 6.09. The number of nitrogens with one attached hydrogen (secondary N) is 1. The van der Waals surface area contributed by atoms with E-state index in [9.17, 15) is 4.79 Å². The summed E-state index contributed by atoms with van der Waals surface area (Å²) in [5.41, 5.74) is 1.25. The summed E-state index contributed by atoms with van der Waals surface area (Å²) in [5.74, 6) is 1.99. The lowest BCUT2D eigenvalue weighted by molar-refractivity contribution is -0.116. The highest BCUT2D eigenvalue weighted by Crippen LogP contribution is 2.33. The first-order valence-electron chi connectivity index (χ1n) is 8.27. The van der Waals surface area contributed by atoms with E-state index in [1.165, 1.54) is 5.56 Å². The minimum Gasteiger partial charge on any atom is -0.497 e. The Balaban J connectivity index is 1.56. The third-order valence-electron chi connectivity index (χ3n) is 4.36. The molecule has 0 unspecified atom stereocenters. The summed E-state index contributed by atoms with van der Waals surface area (Å²) in [6.07, 6.45) is 2.69. The molecule has 0 spiro atoms. The van der Waals surface area contributed by atoms with Gasteiger partial charge in [-0.2, -0.15) is 0 Å². The van der Waals surface area contributed by atoms with Crippen LogP contribution in [0.1, 0.15) is 36.6 Å². The van der Waals surface area contributed by atoms with E-state index in [1.54, 1.807) is 20.1 Å². The quantitative estimate of drug-likeness (QED) is 0.882. The monoisotopic (exact) mass is 329 g/mol. The standard InChI is InChI=1S/C18H23N3O3/c1-13-11-17(20-24-13)19-18(22)8-10-21-9-4-7-16(21)14-5-3-6-15(12-14)23-2/h3,5-6,11-12,16H,4,7-10H2,1-2H3,(H,19,20,22)/t16-/m0/s1. The molecule has 3 rings (SSSR count). The highest BCUT2D eigenvalue weighted by Gasteiger charge is 2.26. The van der Waals surface area contributed by atoms with Gasteiger partial charge in [0, 0.05) is 25.1 Å². The van der Waals surface area contributed by atoms with Crippen LogP contribution in [0.25, 0.3) is 0 Å². The van der Waals surface area contributed by atoms with E-state index in [1.807, 2.05) is 12.1 Å². The van der Waals surface area contributed by atoms with E-state index in [0.717, 1.165) is 31.7 Å². The zero-order chi connectivity index (χ0) is 16.9. The first kappa shape index (κ1) is 16.5. The Hall–Kier alpha value is -2.34. The highest BCUT2D eigenvalue weighted by atomic mass is 16.5. The molecule has 0 aliphatic carbocycles. The van der Waals surface area contributed by atoms with Crippen molar-refractivity contribution in [2.45, 2.75) is 32.2 Å². The van der Waals surface area contributed by atoms with Crippen LogP contribution in [0, 0.1) is 6.92 Å². The molecule has 1 aliphatic rings. The van der Waals surface area contributed by atoms with Crippen molar-refractivity contribution in [1.29, 1.82) is 0 Å². The van der Waals surface area contributed by atoms with Crippen LogP contribution in [0.2, 0.25) is 0 Å².